The van der Waals surface area contributed by atoms with Crippen molar-refractivity contribution in [3.8, 4) is 0 Å². The van der Waals surface area contributed by atoms with Crippen molar-refractivity contribution >= 4 is 32.3 Å². The average molecular weight is 833 g/mol. The minimum atomic E-state index is 0.460. The summed E-state index contributed by atoms with van der Waals surface area (Å²) in [5, 5.41) is 9.14. The standard InChI is InChI=1S/C61H100/c1-32(2)51(33(3)4)59(52(34(5)6)35(7)8)46-27-25-44-26-28-47-49(60(53(36(9)10)37(11)12)54(38(13)14)39(15)16)31-50(48-30-29-45(46)57(44)58(47)48)61(55(40(17)18)41(19)20)56(42(21)22)43(23)24/h25-43,51-56,59-61H,1-24H3. The van der Waals surface area contributed by atoms with Crippen LogP contribution < -0.4 is 0 Å². The van der Waals surface area contributed by atoms with Crippen LogP contribution in [-0.2, 0) is 0 Å². The fourth-order valence-electron chi connectivity index (χ4n) is 15.4. The van der Waals surface area contributed by atoms with E-state index in [0.29, 0.717) is 124 Å². The Labute approximate surface area is 380 Å². The Hall–Kier alpha value is -2.08. The van der Waals surface area contributed by atoms with E-state index in [9.17, 15) is 0 Å². The van der Waals surface area contributed by atoms with Gasteiger partial charge in [0.15, 0.2) is 0 Å². The zero-order valence-electron chi connectivity index (χ0n) is 44.7. The molecule has 0 amide bonds. The third-order valence-electron chi connectivity index (χ3n) is 16.7. The summed E-state index contributed by atoms with van der Waals surface area (Å²) in [5.41, 5.74) is 4.92. The van der Waals surface area contributed by atoms with Gasteiger partial charge in [-0.15, -0.1) is 0 Å². The highest BCUT2D eigenvalue weighted by Crippen LogP contribution is 2.56. The summed E-state index contributed by atoms with van der Waals surface area (Å²) in [6, 6.07) is 18.4. The quantitative estimate of drug-likeness (QED) is 0.0734. The number of hydrogen-bond acceptors (Lipinski definition) is 0. The van der Waals surface area contributed by atoms with Gasteiger partial charge >= 0.3 is 0 Å². The Balaban J connectivity index is 2.45. The molecule has 4 aromatic carbocycles. The van der Waals surface area contributed by atoms with Crippen LogP contribution in [0.4, 0.5) is 0 Å². The van der Waals surface area contributed by atoms with E-state index in [1.807, 2.05) is 0 Å². The van der Waals surface area contributed by atoms with Gasteiger partial charge in [-0.3, -0.25) is 0 Å². The van der Waals surface area contributed by atoms with Crippen molar-refractivity contribution in [2.75, 3.05) is 0 Å². The number of benzene rings is 4. The van der Waals surface area contributed by atoms with Crippen LogP contribution >= 0.6 is 0 Å². The number of rotatable bonds is 21. The molecule has 0 heterocycles. The lowest BCUT2D eigenvalue weighted by molar-refractivity contribution is 0.124. The second-order valence-corrected chi connectivity index (χ2v) is 24.9. The molecular weight excluding hydrogens is 733 g/mol. The summed E-state index contributed by atoms with van der Waals surface area (Å²) in [7, 11) is 0. The zero-order chi connectivity index (χ0) is 46.3. The predicted molar refractivity (Wildman–Crippen MR) is 277 cm³/mol. The third-order valence-corrected chi connectivity index (χ3v) is 16.7. The van der Waals surface area contributed by atoms with Gasteiger partial charge in [0, 0.05) is 0 Å². The molecule has 0 fully saturated rings. The van der Waals surface area contributed by atoms with Crippen LogP contribution in [0.1, 0.15) is 201 Å². The lowest BCUT2D eigenvalue weighted by Gasteiger charge is -2.45. The van der Waals surface area contributed by atoms with Crippen LogP contribution in [0.25, 0.3) is 32.3 Å². The van der Waals surface area contributed by atoms with Crippen LogP contribution in [0.3, 0.4) is 0 Å². The maximum atomic E-state index is 2.88. The molecule has 0 unspecified atom stereocenters. The van der Waals surface area contributed by atoms with Crippen LogP contribution in [-0.4, -0.2) is 0 Å². The molecule has 0 N–H and O–H groups in total. The van der Waals surface area contributed by atoms with E-state index in [1.54, 1.807) is 27.5 Å². The molecule has 0 aliphatic rings. The van der Waals surface area contributed by atoms with Gasteiger partial charge in [-0.1, -0.05) is 209 Å². The summed E-state index contributed by atoms with van der Waals surface area (Å²) in [6.07, 6.45) is 0. The first-order valence-electron chi connectivity index (χ1n) is 26.0. The molecule has 0 saturated heterocycles. The highest BCUT2D eigenvalue weighted by Gasteiger charge is 2.43. The Morgan fingerprint density at radius 3 is 0.705 bits per heavy atom. The zero-order valence-corrected chi connectivity index (χ0v) is 44.7. The summed E-state index contributed by atoms with van der Waals surface area (Å²) < 4.78 is 0. The van der Waals surface area contributed by atoms with Crippen molar-refractivity contribution in [2.24, 2.45) is 107 Å². The van der Waals surface area contributed by atoms with Gasteiger partial charge < -0.3 is 0 Å². The first-order valence-corrected chi connectivity index (χ1v) is 26.0. The van der Waals surface area contributed by atoms with E-state index >= 15 is 0 Å². The van der Waals surface area contributed by atoms with Gasteiger partial charge in [-0.2, -0.15) is 0 Å². The number of hydrogen-bond donors (Lipinski definition) is 0. The van der Waals surface area contributed by atoms with Crippen molar-refractivity contribution in [3.05, 3.63) is 59.2 Å². The summed E-state index contributed by atoms with van der Waals surface area (Å²) in [4.78, 5) is 0. The molecule has 0 nitrogen and oxygen atoms in total. The minimum absolute atomic E-state index is 0.460. The van der Waals surface area contributed by atoms with Gasteiger partial charge in [-0.05, 0) is 173 Å². The first-order chi connectivity index (χ1) is 28.3. The fraction of sp³-hybridized carbons (Fsp3) is 0.738. The monoisotopic (exact) mass is 833 g/mol. The fourth-order valence-corrected chi connectivity index (χ4v) is 15.4. The van der Waals surface area contributed by atoms with Crippen LogP contribution in [0.15, 0.2) is 42.5 Å². The van der Waals surface area contributed by atoms with Gasteiger partial charge in [0.2, 0.25) is 0 Å². The van der Waals surface area contributed by atoms with Crippen LogP contribution in [0.2, 0.25) is 0 Å². The Kier molecular flexibility index (Phi) is 17.6. The highest BCUT2D eigenvalue weighted by molar-refractivity contribution is 6.25. The molecule has 0 aliphatic carbocycles. The topological polar surface area (TPSA) is 0 Å². The van der Waals surface area contributed by atoms with Crippen molar-refractivity contribution in [1.82, 2.24) is 0 Å². The Morgan fingerprint density at radius 2 is 0.443 bits per heavy atom. The summed E-state index contributed by atoms with van der Waals surface area (Å²) >= 11 is 0. The molecule has 0 atom stereocenters. The van der Waals surface area contributed by atoms with Gasteiger partial charge in [0.25, 0.3) is 0 Å². The largest absolute Gasteiger partial charge is 0.0625 e. The lowest BCUT2D eigenvalue weighted by atomic mass is 9.59. The average Bonchev–Trinajstić information content (AvgIpc) is 3.10. The lowest BCUT2D eigenvalue weighted by Crippen LogP contribution is -2.36. The van der Waals surface area contributed by atoms with E-state index in [0.717, 1.165) is 0 Å². The smallest absolute Gasteiger partial charge is 0.00209 e. The van der Waals surface area contributed by atoms with Gasteiger partial charge in [0.1, 0.15) is 0 Å². The second kappa shape index (κ2) is 20.8. The Morgan fingerprint density at radius 1 is 0.230 bits per heavy atom. The van der Waals surface area contributed by atoms with E-state index < -0.39 is 0 Å². The third kappa shape index (κ3) is 10.3. The summed E-state index contributed by atoms with van der Waals surface area (Å²) in [6.45, 7) is 60.5. The highest BCUT2D eigenvalue weighted by atomic mass is 14.5. The molecule has 0 spiro atoms. The van der Waals surface area contributed by atoms with Crippen molar-refractivity contribution in [1.29, 1.82) is 0 Å². The maximum absolute atomic E-state index is 2.88. The van der Waals surface area contributed by atoms with E-state index in [-0.39, 0.29) is 0 Å². The molecular formula is C61H100. The molecule has 0 saturated carbocycles. The molecule has 344 valence electrons. The first kappa shape index (κ1) is 51.6. The second-order valence-electron chi connectivity index (χ2n) is 24.9. The van der Waals surface area contributed by atoms with E-state index in [1.165, 1.54) is 21.5 Å². The van der Waals surface area contributed by atoms with Crippen molar-refractivity contribution < 1.29 is 0 Å². The normalized spacial score (nSPS) is 14.0. The van der Waals surface area contributed by atoms with Crippen LogP contribution in [0, 0.1) is 107 Å². The molecule has 0 bridgehead atoms. The predicted octanol–water partition coefficient (Wildman–Crippen LogP) is 19.4. The molecule has 0 aliphatic heterocycles. The maximum Gasteiger partial charge on any atom is -0.00209 e. The van der Waals surface area contributed by atoms with Gasteiger partial charge in [-0.25, -0.2) is 0 Å². The van der Waals surface area contributed by atoms with Crippen molar-refractivity contribution in [3.63, 3.8) is 0 Å². The van der Waals surface area contributed by atoms with Crippen LogP contribution in [0.5, 0.6) is 0 Å². The molecule has 0 radical (unpaired) electrons. The molecule has 0 heteroatoms. The van der Waals surface area contributed by atoms with E-state index in [2.05, 4.69) is 209 Å². The molecule has 4 aromatic rings. The summed E-state index contributed by atoms with van der Waals surface area (Å²) in [5.74, 6) is 12.0. The molecule has 0 aromatic heterocycles. The molecule has 4 rings (SSSR count). The van der Waals surface area contributed by atoms with Gasteiger partial charge in [0.05, 0.1) is 0 Å². The SMILES string of the molecule is CC(C)C(C(C)C)C(c1ccc2ccc3c(C(C(C(C)C)C(C)C)C(C(C)C)C(C)C)cc(C(C(C(C)C)C(C)C)C(C(C)C)C(C)C)c4ccc1c2c34)C(C(C)C)C(C)C. The van der Waals surface area contributed by atoms with E-state index in [4.69, 9.17) is 0 Å². The minimum Gasteiger partial charge on any atom is -0.0625 e. The van der Waals surface area contributed by atoms with Crippen molar-refractivity contribution in [2.45, 2.75) is 184 Å². The Bertz CT molecular complexity index is 1770. The molecule has 61 heavy (non-hydrogen) atoms.